The number of rotatable bonds is 3. The number of phenolic OH excluding ortho intramolecular Hbond substituents is 1. The molecule has 1 aromatic rings. The van der Waals surface area contributed by atoms with E-state index in [0.717, 1.165) is 30.6 Å². The van der Waals surface area contributed by atoms with Gasteiger partial charge in [-0.3, -0.25) is 14.5 Å². The van der Waals surface area contributed by atoms with Gasteiger partial charge in [-0.1, -0.05) is 6.07 Å². The van der Waals surface area contributed by atoms with Crippen LogP contribution < -0.4 is 10.5 Å². The van der Waals surface area contributed by atoms with E-state index < -0.39 is 23.0 Å². The fourth-order valence-corrected chi connectivity index (χ4v) is 7.72. The van der Waals surface area contributed by atoms with Gasteiger partial charge in [0, 0.05) is 37.3 Å². The Morgan fingerprint density at radius 2 is 2.06 bits per heavy atom. The van der Waals surface area contributed by atoms with Crippen molar-refractivity contribution < 1.29 is 24.5 Å². The highest BCUT2D eigenvalue weighted by Crippen LogP contribution is 2.65. The normalized spacial score (nSPS) is 41.2. The van der Waals surface area contributed by atoms with Gasteiger partial charge < -0.3 is 25.6 Å². The Labute approximate surface area is 192 Å². The van der Waals surface area contributed by atoms with Crippen molar-refractivity contribution in [3.8, 4) is 11.5 Å². The van der Waals surface area contributed by atoms with Crippen molar-refractivity contribution in [1.29, 1.82) is 0 Å². The molecule has 7 rings (SSSR count). The van der Waals surface area contributed by atoms with Crippen LogP contribution in [-0.4, -0.2) is 81.7 Å². The maximum Gasteiger partial charge on any atom is 0.233 e. The van der Waals surface area contributed by atoms with Crippen LogP contribution in [0.4, 0.5) is 0 Å². The molecule has 2 saturated carbocycles. The number of piperidine rings is 1. The van der Waals surface area contributed by atoms with E-state index in [1.54, 1.807) is 11.0 Å². The van der Waals surface area contributed by atoms with Crippen LogP contribution in [-0.2, 0) is 21.4 Å². The van der Waals surface area contributed by atoms with Crippen molar-refractivity contribution in [3.05, 3.63) is 23.3 Å². The van der Waals surface area contributed by atoms with Crippen molar-refractivity contribution in [2.24, 2.45) is 17.6 Å². The molecule has 3 aliphatic carbocycles. The molecule has 1 aromatic carbocycles. The monoisotopic (exact) mass is 453 g/mol. The number of aliphatic hydroxyl groups is 1. The summed E-state index contributed by atoms with van der Waals surface area (Å²) in [5.41, 5.74) is 5.70. The van der Waals surface area contributed by atoms with Crippen molar-refractivity contribution in [2.45, 2.75) is 67.7 Å². The molecule has 2 bridgehead atoms. The summed E-state index contributed by atoms with van der Waals surface area (Å²) in [6.07, 6.45) is 3.55. The number of Topliss-reactive ketones (excluding diaryl/α,β-unsaturated/α-hetero) is 1. The van der Waals surface area contributed by atoms with Gasteiger partial charge in [-0.15, -0.1) is 0 Å². The summed E-state index contributed by atoms with van der Waals surface area (Å²) in [7, 11) is 0. The predicted molar refractivity (Wildman–Crippen MR) is 118 cm³/mol. The second-order valence-corrected chi connectivity index (χ2v) is 11.2. The molecular weight excluding hydrogens is 422 g/mol. The molecule has 3 heterocycles. The summed E-state index contributed by atoms with van der Waals surface area (Å²) in [5.74, 6) is -0.446. The van der Waals surface area contributed by atoms with Gasteiger partial charge in [0.2, 0.25) is 5.91 Å². The maximum atomic E-state index is 13.8. The molecule has 0 aromatic heterocycles. The molecule has 1 unspecified atom stereocenters. The number of carbonyl (C=O) groups excluding carboxylic acids is 2. The third-order valence-electron chi connectivity index (χ3n) is 9.47. The van der Waals surface area contributed by atoms with Crippen LogP contribution in [0.5, 0.6) is 11.5 Å². The van der Waals surface area contributed by atoms with E-state index >= 15 is 0 Å². The second-order valence-electron chi connectivity index (χ2n) is 11.2. The number of nitrogens with zero attached hydrogens (tertiary/aromatic N) is 2. The zero-order valence-corrected chi connectivity index (χ0v) is 18.7. The summed E-state index contributed by atoms with van der Waals surface area (Å²) >= 11 is 0. The molecule has 4 N–H and O–H groups in total. The summed E-state index contributed by atoms with van der Waals surface area (Å²) in [5, 5.41) is 23.2. The number of benzene rings is 1. The molecule has 33 heavy (non-hydrogen) atoms. The molecule has 8 nitrogen and oxygen atoms in total. The van der Waals surface area contributed by atoms with E-state index in [0.29, 0.717) is 37.6 Å². The number of likely N-dealkylation sites (tertiary alicyclic amines) is 2. The van der Waals surface area contributed by atoms with Crippen molar-refractivity contribution in [2.75, 3.05) is 26.2 Å². The Morgan fingerprint density at radius 3 is 2.79 bits per heavy atom. The van der Waals surface area contributed by atoms with Crippen LogP contribution in [0.15, 0.2) is 12.1 Å². The van der Waals surface area contributed by atoms with Crippen molar-refractivity contribution in [1.82, 2.24) is 9.80 Å². The average Bonchev–Trinajstić information content (AvgIpc) is 3.37. The van der Waals surface area contributed by atoms with E-state index in [9.17, 15) is 19.8 Å². The smallest absolute Gasteiger partial charge is 0.233 e. The quantitative estimate of drug-likeness (QED) is 0.564. The van der Waals surface area contributed by atoms with Gasteiger partial charge in [-0.25, -0.2) is 0 Å². The maximum absolute atomic E-state index is 13.8. The Balaban J connectivity index is 1.35. The number of carbonyl (C=O) groups is 2. The van der Waals surface area contributed by atoms with Crippen LogP contribution in [0, 0.1) is 11.8 Å². The highest BCUT2D eigenvalue weighted by molar-refractivity contribution is 6.06. The number of hydrogen-bond acceptors (Lipinski definition) is 7. The first-order valence-corrected chi connectivity index (χ1v) is 12.4. The van der Waals surface area contributed by atoms with Crippen LogP contribution in [0.2, 0.25) is 0 Å². The number of phenols is 1. The van der Waals surface area contributed by atoms with E-state index in [4.69, 9.17) is 10.5 Å². The lowest BCUT2D eigenvalue weighted by Gasteiger charge is -2.63. The molecule has 2 saturated heterocycles. The number of amides is 1. The van der Waals surface area contributed by atoms with Gasteiger partial charge in [0.25, 0.3) is 0 Å². The number of nitrogens with two attached hydrogens (primary N) is 1. The largest absolute Gasteiger partial charge is 0.504 e. The number of ketones is 1. The lowest BCUT2D eigenvalue weighted by atomic mass is 9.47. The van der Waals surface area contributed by atoms with Gasteiger partial charge >= 0.3 is 0 Å². The summed E-state index contributed by atoms with van der Waals surface area (Å²) in [4.78, 5) is 31.4. The topological polar surface area (TPSA) is 116 Å². The van der Waals surface area contributed by atoms with E-state index in [2.05, 4.69) is 4.90 Å². The fraction of sp³-hybridized carbons (Fsp3) is 0.680. The minimum absolute atomic E-state index is 0.0000667. The summed E-state index contributed by atoms with van der Waals surface area (Å²) < 4.78 is 6.21. The zero-order valence-electron chi connectivity index (χ0n) is 18.7. The number of aromatic hydroxyl groups is 1. The van der Waals surface area contributed by atoms with Crippen LogP contribution in [0.1, 0.15) is 43.2 Å². The van der Waals surface area contributed by atoms with Crippen molar-refractivity contribution in [3.63, 3.8) is 0 Å². The Morgan fingerprint density at radius 1 is 1.24 bits per heavy atom. The number of hydrogen-bond donors (Lipinski definition) is 3. The van der Waals surface area contributed by atoms with Crippen LogP contribution in [0.3, 0.4) is 0 Å². The van der Waals surface area contributed by atoms with Gasteiger partial charge in [-0.2, -0.15) is 0 Å². The molecule has 4 fully saturated rings. The molecule has 176 valence electrons. The van der Waals surface area contributed by atoms with Gasteiger partial charge in [0.1, 0.15) is 5.92 Å². The second kappa shape index (κ2) is 6.49. The minimum atomic E-state index is -1.27. The zero-order chi connectivity index (χ0) is 22.7. The molecule has 1 amide bonds. The number of ether oxygens (including phenoxy) is 1. The highest BCUT2D eigenvalue weighted by Gasteiger charge is 2.75. The van der Waals surface area contributed by atoms with E-state index in [1.165, 1.54) is 12.8 Å². The molecule has 6 aliphatic rings. The molecule has 0 radical (unpaired) electrons. The first-order chi connectivity index (χ1) is 15.8. The third-order valence-corrected chi connectivity index (χ3v) is 9.47. The van der Waals surface area contributed by atoms with Gasteiger partial charge in [0.15, 0.2) is 23.4 Å². The Hall–Kier alpha value is -2.16. The molecule has 1 spiro atoms. The molecule has 8 heteroatoms. The highest BCUT2D eigenvalue weighted by atomic mass is 16.5. The minimum Gasteiger partial charge on any atom is -0.504 e. The van der Waals surface area contributed by atoms with Crippen LogP contribution in [0.25, 0.3) is 0 Å². The van der Waals surface area contributed by atoms with E-state index in [-0.39, 0.29) is 35.9 Å². The third kappa shape index (κ3) is 2.47. The first kappa shape index (κ1) is 20.2. The Kier molecular flexibility index (Phi) is 3.98. The molecule has 3 aliphatic heterocycles. The average molecular weight is 454 g/mol. The Bertz CT molecular complexity index is 1070. The lowest BCUT2D eigenvalue weighted by Crippen LogP contribution is -2.78. The standard InChI is InChI=1S/C25H31N3O5/c26-15-5-7-28(12-15)23(31)16-10-25(32)18-9-14-3-4-17(29)21-19(14)24(25,22(33-21)20(16)30)6-8-27(18)11-13-1-2-13/h3-4,13,15-16,18,22,29,32H,1-2,5-12,26H2/t15-,16?,18+,22-,24-,25+/m0/s1. The molecular formula is C25H31N3O5. The molecule has 6 atom stereocenters. The SMILES string of the molecule is N[C@H]1CCN(C(=O)C2C[C@@]3(O)[C@H]4Cc5ccc(O)c6c5[C@@]3(CCN4CC3CC3)[C@@H](O6)C2=O)C1. The lowest BCUT2D eigenvalue weighted by molar-refractivity contribution is -0.200. The first-order valence-electron chi connectivity index (χ1n) is 12.4. The van der Waals surface area contributed by atoms with E-state index in [1.807, 2.05) is 6.07 Å². The summed E-state index contributed by atoms with van der Waals surface area (Å²) in [6.45, 7) is 2.72. The van der Waals surface area contributed by atoms with Crippen LogP contribution >= 0.6 is 0 Å². The summed E-state index contributed by atoms with van der Waals surface area (Å²) in [6, 6.07) is 3.30. The fourth-order valence-electron chi connectivity index (χ4n) is 7.72. The predicted octanol–water partition coefficient (Wildman–Crippen LogP) is 0.311. The van der Waals surface area contributed by atoms with Gasteiger partial charge in [0.05, 0.1) is 11.0 Å². The van der Waals surface area contributed by atoms with Crippen molar-refractivity contribution >= 4 is 11.7 Å². The van der Waals surface area contributed by atoms with Gasteiger partial charge in [-0.05, 0) is 62.6 Å².